The molecule has 1 aliphatic carbocycles. The Morgan fingerprint density at radius 3 is 2.19 bits per heavy atom. The standard InChI is InChI=1S/C30H40O6/c1-18(21-10-11-22-23(15-21)30(4,5)13-12-29(22,2)3)14-19-6-8-20(9-7-19)17-35-28-27(34)26(33)25(32)24(16-31)36-28/h6-11,14-15,24-28,31-34H,12-13,16-17H2,1-5H3/b18-14+/t24-,25-,26+,27-,28-/m1/s1. The highest BCUT2D eigenvalue weighted by atomic mass is 16.7. The molecule has 0 spiro atoms. The molecule has 0 saturated carbocycles. The fourth-order valence-corrected chi connectivity index (χ4v) is 5.26. The number of ether oxygens (including phenoxy) is 2. The third-order valence-corrected chi connectivity index (χ3v) is 7.93. The molecule has 6 heteroatoms. The summed E-state index contributed by atoms with van der Waals surface area (Å²) in [5, 5.41) is 39.3. The van der Waals surface area contributed by atoms with Crippen molar-refractivity contribution in [3.63, 3.8) is 0 Å². The molecule has 0 radical (unpaired) electrons. The SMILES string of the molecule is C/C(=C\c1ccc(CO[C@@H]2O[C@H](CO)[C@@H](O)[C@H](O)[C@H]2O)cc1)c1ccc2c(c1)C(C)(C)CCC2(C)C. The molecule has 2 aliphatic rings. The van der Waals surface area contributed by atoms with Gasteiger partial charge in [-0.1, -0.05) is 76.2 Å². The molecule has 0 amide bonds. The number of allylic oxidation sites excluding steroid dienone is 1. The van der Waals surface area contributed by atoms with E-state index in [9.17, 15) is 20.4 Å². The van der Waals surface area contributed by atoms with Gasteiger partial charge in [-0.15, -0.1) is 0 Å². The van der Waals surface area contributed by atoms with E-state index in [-0.39, 0.29) is 17.4 Å². The monoisotopic (exact) mass is 496 g/mol. The summed E-state index contributed by atoms with van der Waals surface area (Å²) in [5.74, 6) is 0. The largest absolute Gasteiger partial charge is 0.394 e. The molecule has 4 N–H and O–H groups in total. The Morgan fingerprint density at radius 2 is 1.56 bits per heavy atom. The number of hydrogen-bond acceptors (Lipinski definition) is 6. The van der Waals surface area contributed by atoms with Gasteiger partial charge >= 0.3 is 0 Å². The molecule has 1 saturated heterocycles. The third kappa shape index (κ3) is 5.44. The Balaban J connectivity index is 1.44. The molecule has 2 aromatic rings. The van der Waals surface area contributed by atoms with Crippen LogP contribution in [0, 0.1) is 0 Å². The molecule has 0 bridgehead atoms. The first kappa shape index (κ1) is 27.0. The fourth-order valence-electron chi connectivity index (χ4n) is 5.26. The molecule has 1 heterocycles. The molecular weight excluding hydrogens is 456 g/mol. The minimum Gasteiger partial charge on any atom is -0.394 e. The lowest BCUT2D eigenvalue weighted by molar-refractivity contribution is -0.304. The predicted molar refractivity (Wildman–Crippen MR) is 140 cm³/mol. The molecule has 0 aromatic heterocycles. The van der Waals surface area contributed by atoms with Crippen molar-refractivity contribution in [1.82, 2.24) is 0 Å². The molecule has 36 heavy (non-hydrogen) atoms. The van der Waals surface area contributed by atoms with Crippen LogP contribution in [0.4, 0.5) is 0 Å². The second-order valence-electron chi connectivity index (χ2n) is 11.6. The first-order valence-electron chi connectivity index (χ1n) is 12.8. The minimum absolute atomic E-state index is 0.154. The van der Waals surface area contributed by atoms with Crippen molar-refractivity contribution in [2.75, 3.05) is 6.61 Å². The Bertz CT molecular complexity index is 1090. The zero-order valence-corrected chi connectivity index (χ0v) is 21.9. The average Bonchev–Trinajstić information content (AvgIpc) is 2.86. The summed E-state index contributed by atoms with van der Waals surface area (Å²) in [7, 11) is 0. The summed E-state index contributed by atoms with van der Waals surface area (Å²) < 4.78 is 11.0. The van der Waals surface area contributed by atoms with Crippen molar-refractivity contribution < 1.29 is 29.9 Å². The number of fused-ring (bicyclic) bond motifs is 1. The molecule has 1 fully saturated rings. The maximum atomic E-state index is 10.1. The Morgan fingerprint density at radius 1 is 0.917 bits per heavy atom. The fraction of sp³-hybridized carbons (Fsp3) is 0.533. The molecule has 0 unspecified atom stereocenters. The highest BCUT2D eigenvalue weighted by molar-refractivity contribution is 5.80. The first-order valence-corrected chi connectivity index (χ1v) is 12.8. The van der Waals surface area contributed by atoms with Crippen LogP contribution in [-0.4, -0.2) is 57.7 Å². The van der Waals surface area contributed by atoms with Gasteiger partial charge in [-0.05, 0) is 64.0 Å². The topological polar surface area (TPSA) is 99.4 Å². The lowest BCUT2D eigenvalue weighted by atomic mass is 9.63. The van der Waals surface area contributed by atoms with Crippen LogP contribution in [0.5, 0.6) is 0 Å². The molecule has 5 atom stereocenters. The van der Waals surface area contributed by atoms with Crippen LogP contribution in [0.3, 0.4) is 0 Å². The van der Waals surface area contributed by atoms with Gasteiger partial charge in [0, 0.05) is 0 Å². The van der Waals surface area contributed by atoms with Gasteiger partial charge in [0.05, 0.1) is 13.2 Å². The summed E-state index contributed by atoms with van der Waals surface area (Å²) in [6.45, 7) is 11.2. The maximum absolute atomic E-state index is 10.1. The van der Waals surface area contributed by atoms with E-state index in [2.05, 4.69) is 58.9 Å². The van der Waals surface area contributed by atoms with Crippen LogP contribution in [0.1, 0.15) is 75.3 Å². The van der Waals surface area contributed by atoms with Crippen LogP contribution >= 0.6 is 0 Å². The molecule has 196 valence electrons. The maximum Gasteiger partial charge on any atom is 0.187 e. The van der Waals surface area contributed by atoms with Gasteiger partial charge in [-0.25, -0.2) is 0 Å². The minimum atomic E-state index is -1.45. The molecular formula is C30H40O6. The van der Waals surface area contributed by atoms with Crippen LogP contribution in [-0.2, 0) is 26.9 Å². The first-order chi connectivity index (χ1) is 16.9. The van der Waals surface area contributed by atoms with Crippen molar-refractivity contribution in [3.05, 3.63) is 70.3 Å². The van der Waals surface area contributed by atoms with Gasteiger partial charge in [0.15, 0.2) is 6.29 Å². The Hall–Kier alpha value is -2.06. The number of aliphatic hydroxyl groups is 4. The summed E-state index contributed by atoms with van der Waals surface area (Å²) in [4.78, 5) is 0. The number of rotatable bonds is 6. The summed E-state index contributed by atoms with van der Waals surface area (Å²) in [5.41, 5.74) is 7.65. The van der Waals surface area contributed by atoms with Gasteiger partial charge in [0.2, 0.25) is 0 Å². The van der Waals surface area contributed by atoms with Crippen LogP contribution in [0.2, 0.25) is 0 Å². The molecule has 6 nitrogen and oxygen atoms in total. The molecule has 4 rings (SSSR count). The van der Waals surface area contributed by atoms with Gasteiger partial charge in [0.1, 0.15) is 24.4 Å². The van der Waals surface area contributed by atoms with Gasteiger partial charge in [0.25, 0.3) is 0 Å². The van der Waals surface area contributed by atoms with E-state index in [4.69, 9.17) is 9.47 Å². The van der Waals surface area contributed by atoms with Crippen LogP contribution < -0.4 is 0 Å². The Kier molecular flexibility index (Phi) is 7.77. The highest BCUT2D eigenvalue weighted by Crippen LogP contribution is 2.46. The molecule has 1 aliphatic heterocycles. The predicted octanol–water partition coefficient (Wildman–Crippen LogP) is 3.91. The second kappa shape index (κ2) is 10.4. The summed E-state index contributed by atoms with van der Waals surface area (Å²) >= 11 is 0. The normalized spacial score (nSPS) is 29.6. The van der Waals surface area contributed by atoms with Gasteiger partial charge < -0.3 is 29.9 Å². The highest BCUT2D eigenvalue weighted by Gasteiger charge is 2.44. The quantitative estimate of drug-likeness (QED) is 0.453. The van der Waals surface area contributed by atoms with Crippen molar-refractivity contribution in [1.29, 1.82) is 0 Å². The number of hydrogen-bond donors (Lipinski definition) is 4. The van der Waals surface area contributed by atoms with E-state index >= 15 is 0 Å². The Labute approximate surface area is 214 Å². The summed E-state index contributed by atoms with van der Waals surface area (Å²) in [6, 6.07) is 14.8. The van der Waals surface area contributed by atoms with E-state index in [0.717, 1.165) is 11.1 Å². The van der Waals surface area contributed by atoms with Crippen molar-refractivity contribution >= 4 is 11.6 Å². The number of aliphatic hydroxyl groups excluding tert-OH is 4. The van der Waals surface area contributed by atoms with E-state index < -0.39 is 37.3 Å². The zero-order valence-electron chi connectivity index (χ0n) is 21.9. The van der Waals surface area contributed by atoms with Gasteiger partial charge in [-0.3, -0.25) is 0 Å². The van der Waals surface area contributed by atoms with E-state index in [1.807, 2.05) is 24.3 Å². The van der Waals surface area contributed by atoms with Crippen LogP contribution in [0.25, 0.3) is 11.6 Å². The van der Waals surface area contributed by atoms with E-state index in [0.29, 0.717) is 0 Å². The third-order valence-electron chi connectivity index (χ3n) is 7.93. The number of benzene rings is 2. The summed E-state index contributed by atoms with van der Waals surface area (Å²) in [6.07, 6.45) is -1.81. The van der Waals surface area contributed by atoms with Crippen molar-refractivity contribution in [2.24, 2.45) is 0 Å². The second-order valence-corrected chi connectivity index (χ2v) is 11.6. The lowest BCUT2D eigenvalue weighted by Crippen LogP contribution is -2.59. The van der Waals surface area contributed by atoms with Crippen molar-refractivity contribution in [2.45, 2.75) is 95.6 Å². The van der Waals surface area contributed by atoms with Gasteiger partial charge in [-0.2, -0.15) is 0 Å². The van der Waals surface area contributed by atoms with E-state index in [1.165, 1.54) is 35.1 Å². The smallest absolute Gasteiger partial charge is 0.187 e. The lowest BCUT2D eigenvalue weighted by Gasteiger charge is -2.42. The van der Waals surface area contributed by atoms with Crippen LogP contribution in [0.15, 0.2) is 42.5 Å². The average molecular weight is 497 g/mol. The zero-order chi connectivity index (χ0) is 26.3. The molecule has 2 aromatic carbocycles. The van der Waals surface area contributed by atoms with E-state index in [1.54, 1.807) is 0 Å². The van der Waals surface area contributed by atoms with Crippen molar-refractivity contribution in [3.8, 4) is 0 Å².